The molecule has 0 fully saturated rings. The molecule has 0 aliphatic rings. The Morgan fingerprint density at radius 1 is 1.29 bits per heavy atom. The number of nitro benzene ring substituents is 1. The molecule has 21 heavy (non-hydrogen) atoms. The SMILES string of the molecule is Cc1cc(NC(=O)c2cc(Cl)ccc2Br)ccc1[N+](=O)[O-]. The lowest BCUT2D eigenvalue weighted by Crippen LogP contribution is -2.12. The number of rotatable bonds is 3. The maximum absolute atomic E-state index is 12.2. The first-order valence-corrected chi connectivity index (χ1v) is 7.07. The third kappa shape index (κ3) is 3.59. The third-order valence-corrected chi connectivity index (χ3v) is 3.75. The van der Waals surface area contributed by atoms with Gasteiger partial charge >= 0.3 is 0 Å². The van der Waals surface area contributed by atoms with E-state index in [0.29, 0.717) is 26.3 Å². The monoisotopic (exact) mass is 368 g/mol. The molecule has 0 bridgehead atoms. The zero-order valence-electron chi connectivity index (χ0n) is 10.9. The lowest BCUT2D eigenvalue weighted by molar-refractivity contribution is -0.385. The molecule has 1 amide bonds. The van der Waals surface area contributed by atoms with Crippen LogP contribution in [0.4, 0.5) is 11.4 Å². The fraction of sp³-hybridized carbons (Fsp3) is 0.0714. The van der Waals surface area contributed by atoms with E-state index in [0.717, 1.165) is 0 Å². The molecule has 2 aromatic rings. The summed E-state index contributed by atoms with van der Waals surface area (Å²) in [6.07, 6.45) is 0. The summed E-state index contributed by atoms with van der Waals surface area (Å²) in [5.41, 5.74) is 1.35. The van der Waals surface area contributed by atoms with Gasteiger partial charge < -0.3 is 5.32 Å². The van der Waals surface area contributed by atoms with E-state index in [1.54, 1.807) is 31.2 Å². The number of halogens is 2. The minimum atomic E-state index is -0.464. The molecule has 0 saturated heterocycles. The van der Waals surface area contributed by atoms with Gasteiger partial charge in [-0.15, -0.1) is 0 Å². The van der Waals surface area contributed by atoms with Crippen molar-refractivity contribution in [2.24, 2.45) is 0 Å². The highest BCUT2D eigenvalue weighted by Crippen LogP contribution is 2.24. The van der Waals surface area contributed by atoms with Crippen LogP contribution < -0.4 is 5.32 Å². The van der Waals surface area contributed by atoms with Crippen LogP contribution in [0.1, 0.15) is 15.9 Å². The second-order valence-corrected chi connectivity index (χ2v) is 5.63. The van der Waals surface area contributed by atoms with Gasteiger partial charge in [0, 0.05) is 26.8 Å². The topological polar surface area (TPSA) is 72.2 Å². The van der Waals surface area contributed by atoms with Gasteiger partial charge in [0.1, 0.15) is 0 Å². The molecule has 0 aliphatic heterocycles. The van der Waals surface area contributed by atoms with Gasteiger partial charge in [-0.3, -0.25) is 14.9 Å². The van der Waals surface area contributed by atoms with Gasteiger partial charge in [0.15, 0.2) is 0 Å². The number of aryl methyl sites for hydroxylation is 1. The molecule has 2 rings (SSSR count). The Kier molecular flexibility index (Phi) is 4.59. The number of anilines is 1. The van der Waals surface area contributed by atoms with Crippen LogP contribution in [-0.4, -0.2) is 10.8 Å². The highest BCUT2D eigenvalue weighted by atomic mass is 79.9. The van der Waals surface area contributed by atoms with Gasteiger partial charge in [0.05, 0.1) is 10.5 Å². The number of carbonyl (C=O) groups excluding carboxylic acids is 1. The number of hydrogen-bond donors (Lipinski definition) is 1. The summed E-state index contributed by atoms with van der Waals surface area (Å²) >= 11 is 9.15. The zero-order valence-corrected chi connectivity index (χ0v) is 13.2. The van der Waals surface area contributed by atoms with E-state index in [-0.39, 0.29) is 11.6 Å². The van der Waals surface area contributed by atoms with E-state index in [2.05, 4.69) is 21.2 Å². The average Bonchev–Trinajstić information content (AvgIpc) is 2.41. The third-order valence-electron chi connectivity index (χ3n) is 2.82. The molecule has 2 aromatic carbocycles. The molecule has 0 aromatic heterocycles. The smallest absolute Gasteiger partial charge is 0.272 e. The zero-order chi connectivity index (χ0) is 15.6. The first-order valence-electron chi connectivity index (χ1n) is 5.90. The molecule has 0 aliphatic carbocycles. The van der Waals surface area contributed by atoms with Crippen LogP contribution in [0.25, 0.3) is 0 Å². The Labute approximate surface area is 134 Å². The van der Waals surface area contributed by atoms with Gasteiger partial charge in [0.2, 0.25) is 0 Å². The van der Waals surface area contributed by atoms with Crippen LogP contribution in [-0.2, 0) is 0 Å². The van der Waals surface area contributed by atoms with E-state index in [9.17, 15) is 14.9 Å². The number of benzene rings is 2. The van der Waals surface area contributed by atoms with Crippen molar-refractivity contribution in [2.45, 2.75) is 6.92 Å². The lowest BCUT2D eigenvalue weighted by Gasteiger charge is -2.08. The van der Waals surface area contributed by atoms with Crippen LogP contribution in [0.15, 0.2) is 40.9 Å². The molecule has 5 nitrogen and oxygen atoms in total. The lowest BCUT2D eigenvalue weighted by atomic mass is 10.1. The number of nitrogens with one attached hydrogen (secondary N) is 1. The van der Waals surface area contributed by atoms with Gasteiger partial charge in [-0.2, -0.15) is 0 Å². The molecule has 0 spiro atoms. The maximum Gasteiger partial charge on any atom is 0.272 e. The molecule has 0 heterocycles. The second kappa shape index (κ2) is 6.24. The summed E-state index contributed by atoms with van der Waals surface area (Å²) in [4.78, 5) is 22.5. The van der Waals surface area contributed by atoms with Crippen LogP contribution in [0.3, 0.4) is 0 Å². The standard InChI is InChI=1S/C14H10BrClN2O3/c1-8-6-10(3-5-13(8)18(20)21)17-14(19)11-7-9(16)2-4-12(11)15/h2-7H,1H3,(H,17,19). The number of nitrogens with zero attached hydrogens (tertiary/aromatic N) is 1. The minimum Gasteiger partial charge on any atom is -0.322 e. The predicted molar refractivity (Wildman–Crippen MR) is 84.9 cm³/mol. The summed E-state index contributed by atoms with van der Waals surface area (Å²) < 4.78 is 0.614. The van der Waals surface area contributed by atoms with E-state index in [1.165, 1.54) is 12.1 Å². The quantitative estimate of drug-likeness (QED) is 0.636. The summed E-state index contributed by atoms with van der Waals surface area (Å²) in [5, 5.41) is 13.9. The van der Waals surface area contributed by atoms with Crippen LogP contribution >= 0.6 is 27.5 Å². The van der Waals surface area contributed by atoms with Gasteiger partial charge in [-0.05, 0) is 53.2 Å². The fourth-order valence-corrected chi connectivity index (χ4v) is 2.41. The first kappa shape index (κ1) is 15.5. The minimum absolute atomic E-state index is 0.0111. The normalized spacial score (nSPS) is 10.2. The van der Waals surface area contributed by atoms with E-state index >= 15 is 0 Å². The van der Waals surface area contributed by atoms with E-state index in [1.807, 2.05) is 0 Å². The van der Waals surface area contributed by atoms with Crippen molar-refractivity contribution in [1.82, 2.24) is 0 Å². The number of amides is 1. The summed E-state index contributed by atoms with van der Waals surface area (Å²) in [6, 6.07) is 9.28. The van der Waals surface area contributed by atoms with E-state index < -0.39 is 4.92 Å². The Morgan fingerprint density at radius 2 is 2.00 bits per heavy atom. The molecule has 108 valence electrons. The number of hydrogen-bond acceptors (Lipinski definition) is 3. The van der Waals surface area contributed by atoms with E-state index in [4.69, 9.17) is 11.6 Å². The Balaban J connectivity index is 2.26. The average molecular weight is 370 g/mol. The molecule has 1 N–H and O–H groups in total. The number of carbonyl (C=O) groups is 1. The van der Waals surface area contributed by atoms with Crippen LogP contribution in [0.5, 0.6) is 0 Å². The first-order chi connectivity index (χ1) is 9.88. The molecular weight excluding hydrogens is 360 g/mol. The maximum atomic E-state index is 12.2. The van der Waals surface area contributed by atoms with Gasteiger partial charge in [-0.25, -0.2) is 0 Å². The predicted octanol–water partition coefficient (Wildman–Crippen LogP) is 4.57. The molecule has 7 heteroatoms. The molecule has 0 unspecified atom stereocenters. The Morgan fingerprint density at radius 3 is 2.62 bits per heavy atom. The van der Waals surface area contributed by atoms with Crippen LogP contribution in [0, 0.1) is 17.0 Å². The molecule has 0 radical (unpaired) electrons. The van der Waals surface area contributed by atoms with Crippen molar-refractivity contribution >= 4 is 44.8 Å². The Hall–Kier alpha value is -1.92. The fourth-order valence-electron chi connectivity index (χ4n) is 1.81. The van der Waals surface area contributed by atoms with Crippen molar-refractivity contribution in [2.75, 3.05) is 5.32 Å². The molecular formula is C14H10BrClN2O3. The Bertz CT molecular complexity index is 734. The molecule has 0 atom stereocenters. The summed E-state index contributed by atoms with van der Waals surface area (Å²) in [6.45, 7) is 1.61. The van der Waals surface area contributed by atoms with Crippen molar-refractivity contribution in [3.05, 3.63) is 67.1 Å². The van der Waals surface area contributed by atoms with Crippen molar-refractivity contribution in [3.63, 3.8) is 0 Å². The number of nitro groups is 1. The van der Waals surface area contributed by atoms with Gasteiger partial charge in [-0.1, -0.05) is 11.6 Å². The summed E-state index contributed by atoms with van der Waals surface area (Å²) in [5.74, 6) is -0.349. The van der Waals surface area contributed by atoms with Crippen molar-refractivity contribution < 1.29 is 9.72 Å². The van der Waals surface area contributed by atoms with Crippen LogP contribution in [0.2, 0.25) is 5.02 Å². The van der Waals surface area contributed by atoms with Crippen molar-refractivity contribution in [1.29, 1.82) is 0 Å². The highest BCUT2D eigenvalue weighted by molar-refractivity contribution is 9.10. The highest BCUT2D eigenvalue weighted by Gasteiger charge is 2.14. The summed E-state index contributed by atoms with van der Waals surface area (Å²) in [7, 11) is 0. The molecule has 0 saturated carbocycles. The van der Waals surface area contributed by atoms with Crippen molar-refractivity contribution in [3.8, 4) is 0 Å². The largest absolute Gasteiger partial charge is 0.322 e. The van der Waals surface area contributed by atoms with Gasteiger partial charge in [0.25, 0.3) is 11.6 Å². The second-order valence-electron chi connectivity index (χ2n) is 4.34.